The van der Waals surface area contributed by atoms with Gasteiger partial charge < -0.3 is 10.4 Å². The third-order valence-electron chi connectivity index (χ3n) is 1.29. The van der Waals surface area contributed by atoms with Gasteiger partial charge in [-0.15, -0.1) is 0 Å². The zero-order valence-electron chi connectivity index (χ0n) is 5.26. The predicted molar refractivity (Wildman–Crippen MR) is 34.6 cm³/mol. The summed E-state index contributed by atoms with van der Waals surface area (Å²) in [5.41, 5.74) is 0. The standard InChI is InChI=1S/C5H7NO3.Pb/c7-4-2-1-3(6-4)5(8)9;/h3H,1-2H2,(H,6,7)(H,8,9);/t3-;/m0./s1. The van der Waals surface area contributed by atoms with Crippen LogP contribution in [0, 0.1) is 0 Å². The smallest absolute Gasteiger partial charge is 0.326 e. The van der Waals surface area contributed by atoms with Crippen LogP contribution in [0.25, 0.3) is 0 Å². The first-order valence-corrected chi connectivity index (χ1v) is 2.72. The van der Waals surface area contributed by atoms with Crippen molar-refractivity contribution in [1.29, 1.82) is 0 Å². The van der Waals surface area contributed by atoms with Crippen molar-refractivity contribution in [3.8, 4) is 0 Å². The summed E-state index contributed by atoms with van der Waals surface area (Å²) in [4.78, 5) is 20.5. The minimum atomic E-state index is -0.944. The number of hydrogen-bond acceptors (Lipinski definition) is 2. The topological polar surface area (TPSA) is 66.4 Å². The molecule has 1 heterocycles. The Morgan fingerprint density at radius 1 is 1.70 bits per heavy atom. The van der Waals surface area contributed by atoms with Gasteiger partial charge in [-0.05, 0) is 6.42 Å². The van der Waals surface area contributed by atoms with E-state index in [2.05, 4.69) is 5.32 Å². The fourth-order valence-corrected chi connectivity index (χ4v) is 0.799. The molecule has 5 heteroatoms. The molecule has 0 saturated carbocycles. The second kappa shape index (κ2) is 3.89. The van der Waals surface area contributed by atoms with Crippen molar-refractivity contribution in [2.75, 3.05) is 0 Å². The van der Waals surface area contributed by atoms with Gasteiger partial charge in [-0.25, -0.2) is 4.79 Å². The second-order valence-electron chi connectivity index (χ2n) is 2.00. The van der Waals surface area contributed by atoms with Crippen LogP contribution in [0.15, 0.2) is 0 Å². The van der Waals surface area contributed by atoms with E-state index in [0.717, 1.165) is 0 Å². The third-order valence-corrected chi connectivity index (χ3v) is 1.29. The van der Waals surface area contributed by atoms with E-state index in [9.17, 15) is 9.59 Å². The molecule has 0 bridgehead atoms. The van der Waals surface area contributed by atoms with Gasteiger partial charge in [0.2, 0.25) is 5.91 Å². The number of rotatable bonds is 1. The van der Waals surface area contributed by atoms with E-state index in [-0.39, 0.29) is 33.2 Å². The first-order valence-electron chi connectivity index (χ1n) is 2.72. The first kappa shape index (κ1) is 9.86. The number of carbonyl (C=O) groups is 2. The van der Waals surface area contributed by atoms with Crippen LogP contribution in [0.1, 0.15) is 12.8 Å². The van der Waals surface area contributed by atoms with Crippen molar-refractivity contribution in [2.45, 2.75) is 18.9 Å². The molecule has 0 spiro atoms. The molecule has 2 N–H and O–H groups in total. The van der Waals surface area contributed by atoms with E-state index < -0.39 is 12.0 Å². The zero-order chi connectivity index (χ0) is 6.85. The summed E-state index contributed by atoms with van der Waals surface area (Å²) in [5, 5.41) is 10.6. The number of carbonyl (C=O) groups excluding carboxylic acids is 1. The fraction of sp³-hybridized carbons (Fsp3) is 0.600. The molecule has 1 aliphatic rings. The van der Waals surface area contributed by atoms with E-state index in [1.54, 1.807) is 0 Å². The molecule has 10 heavy (non-hydrogen) atoms. The summed E-state index contributed by atoms with van der Waals surface area (Å²) in [6.07, 6.45) is 0.769. The molecule has 0 aromatic carbocycles. The average Bonchev–Trinajstić information content (AvgIpc) is 2.14. The molecule has 1 amide bonds. The molecular formula is C5H7NO3Pb. The predicted octanol–water partition coefficient (Wildman–Crippen LogP) is -1.03. The van der Waals surface area contributed by atoms with Crippen molar-refractivity contribution in [3.05, 3.63) is 0 Å². The molecule has 0 unspecified atom stereocenters. The Kier molecular flexibility index (Phi) is 3.84. The Morgan fingerprint density at radius 3 is 2.50 bits per heavy atom. The minimum absolute atomic E-state index is 0. The Labute approximate surface area is 78.1 Å². The molecule has 54 valence electrons. The monoisotopic (exact) mass is 337 g/mol. The molecule has 1 atom stereocenters. The molecule has 1 saturated heterocycles. The minimum Gasteiger partial charge on any atom is -0.480 e. The quantitative estimate of drug-likeness (QED) is 0.602. The normalized spacial score (nSPS) is 23.2. The summed E-state index contributed by atoms with van der Waals surface area (Å²) in [6.45, 7) is 0. The number of carboxylic acid groups (broad SMARTS) is 1. The van der Waals surface area contributed by atoms with Crippen LogP contribution in [0.5, 0.6) is 0 Å². The molecule has 0 aromatic heterocycles. The van der Waals surface area contributed by atoms with Crippen molar-refractivity contribution in [1.82, 2.24) is 5.32 Å². The van der Waals surface area contributed by atoms with Gasteiger partial charge in [-0.3, -0.25) is 4.79 Å². The SMILES string of the molecule is O=C1CC[C@@H](C(=O)O)N1.[Pb]. The van der Waals surface area contributed by atoms with Gasteiger partial charge in [0, 0.05) is 33.7 Å². The van der Waals surface area contributed by atoms with Gasteiger partial charge in [0.15, 0.2) is 0 Å². The van der Waals surface area contributed by atoms with Crippen LogP contribution in [0.3, 0.4) is 0 Å². The van der Waals surface area contributed by atoms with E-state index >= 15 is 0 Å². The number of hydrogen-bond donors (Lipinski definition) is 2. The fourth-order valence-electron chi connectivity index (χ4n) is 0.799. The van der Waals surface area contributed by atoms with Gasteiger partial charge in [0.25, 0.3) is 0 Å². The number of carboxylic acids is 1. The van der Waals surface area contributed by atoms with Gasteiger partial charge in [-0.2, -0.15) is 0 Å². The maximum absolute atomic E-state index is 10.4. The maximum atomic E-state index is 10.4. The molecular weight excluding hydrogens is 329 g/mol. The van der Waals surface area contributed by atoms with Crippen LogP contribution in [0.2, 0.25) is 0 Å². The number of aliphatic carboxylic acids is 1. The molecule has 1 fully saturated rings. The summed E-state index contributed by atoms with van der Waals surface area (Å²) in [7, 11) is 0. The molecule has 0 aromatic rings. The molecule has 1 rings (SSSR count). The van der Waals surface area contributed by atoms with Gasteiger partial charge in [-0.1, -0.05) is 0 Å². The summed E-state index contributed by atoms with van der Waals surface area (Å²) < 4.78 is 0. The molecule has 4 radical (unpaired) electrons. The summed E-state index contributed by atoms with van der Waals surface area (Å²) in [5.74, 6) is -1.11. The van der Waals surface area contributed by atoms with Gasteiger partial charge in [0.05, 0.1) is 0 Å². The average molecular weight is 336 g/mol. The molecule has 1 aliphatic heterocycles. The Balaban J connectivity index is 0.000000810. The summed E-state index contributed by atoms with van der Waals surface area (Å²) >= 11 is 0. The van der Waals surface area contributed by atoms with E-state index in [1.165, 1.54) is 0 Å². The van der Waals surface area contributed by atoms with Gasteiger partial charge in [0.1, 0.15) is 6.04 Å². The molecule has 0 aliphatic carbocycles. The largest absolute Gasteiger partial charge is 0.480 e. The maximum Gasteiger partial charge on any atom is 0.326 e. The van der Waals surface area contributed by atoms with Gasteiger partial charge >= 0.3 is 5.97 Å². The van der Waals surface area contributed by atoms with Crippen LogP contribution in [0.4, 0.5) is 0 Å². The third kappa shape index (κ3) is 2.24. The van der Waals surface area contributed by atoms with Crippen molar-refractivity contribution in [3.63, 3.8) is 0 Å². The number of nitrogens with one attached hydrogen (secondary N) is 1. The molecule has 4 nitrogen and oxygen atoms in total. The van der Waals surface area contributed by atoms with E-state index in [0.29, 0.717) is 12.8 Å². The van der Waals surface area contributed by atoms with Crippen molar-refractivity contribution >= 4 is 39.2 Å². The van der Waals surface area contributed by atoms with Crippen LogP contribution >= 0.6 is 0 Å². The van der Waals surface area contributed by atoms with Crippen LogP contribution in [-0.2, 0) is 9.59 Å². The number of amides is 1. The first-order chi connectivity index (χ1) is 4.20. The van der Waals surface area contributed by atoms with Crippen molar-refractivity contribution < 1.29 is 14.7 Å². The van der Waals surface area contributed by atoms with E-state index in [4.69, 9.17) is 5.11 Å². The zero-order valence-corrected chi connectivity index (χ0v) is 9.14. The van der Waals surface area contributed by atoms with Crippen LogP contribution < -0.4 is 5.32 Å². The Bertz CT molecular complexity index is 159. The Morgan fingerprint density at radius 2 is 2.30 bits per heavy atom. The summed E-state index contributed by atoms with van der Waals surface area (Å²) in [6, 6.07) is -0.641. The Hall–Kier alpha value is -0.138. The van der Waals surface area contributed by atoms with Crippen LogP contribution in [-0.4, -0.2) is 50.3 Å². The second-order valence-corrected chi connectivity index (χ2v) is 2.00. The van der Waals surface area contributed by atoms with E-state index in [1.807, 2.05) is 0 Å². The van der Waals surface area contributed by atoms with Crippen molar-refractivity contribution in [2.24, 2.45) is 0 Å².